The van der Waals surface area contributed by atoms with Crippen LogP contribution in [0.15, 0.2) is 47.4 Å². The molecule has 0 aliphatic carbocycles. The van der Waals surface area contributed by atoms with Crippen molar-refractivity contribution in [1.82, 2.24) is 10.0 Å². The van der Waals surface area contributed by atoms with Crippen LogP contribution in [0, 0.1) is 5.92 Å². The summed E-state index contributed by atoms with van der Waals surface area (Å²) in [4.78, 5) is 23.7. The molecule has 34 heavy (non-hydrogen) atoms. The Bertz CT molecular complexity index is 1080. The summed E-state index contributed by atoms with van der Waals surface area (Å²) in [5.74, 6) is 0.650. The lowest BCUT2D eigenvalue weighted by Crippen LogP contribution is -2.42. The van der Waals surface area contributed by atoms with Gasteiger partial charge in [0, 0.05) is 31.6 Å². The van der Waals surface area contributed by atoms with Crippen molar-refractivity contribution in [1.29, 1.82) is 0 Å². The monoisotopic (exact) mass is 491 g/mol. The number of ether oxygens (including phenoxy) is 2. The number of hydrogen-bond donors (Lipinski definition) is 3. The summed E-state index contributed by atoms with van der Waals surface area (Å²) >= 11 is 0. The van der Waals surface area contributed by atoms with Crippen molar-refractivity contribution in [2.75, 3.05) is 26.1 Å². The molecule has 0 aliphatic rings. The number of carbonyl (C=O) groups is 2. The first-order chi connectivity index (χ1) is 16.1. The Morgan fingerprint density at radius 3 is 2.18 bits per heavy atom. The van der Waals surface area contributed by atoms with Crippen LogP contribution >= 0.6 is 0 Å². The van der Waals surface area contributed by atoms with Gasteiger partial charge in [-0.05, 0) is 54.3 Å². The fraction of sp³-hybridized carbons (Fsp3) is 0.417. The fourth-order valence-electron chi connectivity index (χ4n) is 3.26. The Hall–Kier alpha value is -3.11. The molecule has 2 aromatic rings. The van der Waals surface area contributed by atoms with E-state index in [2.05, 4.69) is 15.4 Å². The fourth-order valence-corrected chi connectivity index (χ4v) is 4.64. The minimum absolute atomic E-state index is 0.00675. The normalized spacial score (nSPS) is 12.2. The number of rotatable bonds is 12. The van der Waals surface area contributed by atoms with Gasteiger partial charge in [-0.15, -0.1) is 0 Å². The lowest BCUT2D eigenvalue weighted by Gasteiger charge is -2.22. The molecule has 0 fully saturated rings. The summed E-state index contributed by atoms with van der Waals surface area (Å²) in [5, 5.41) is 5.44. The van der Waals surface area contributed by atoms with Gasteiger partial charge in [-0.25, -0.2) is 13.1 Å². The number of amides is 2. The van der Waals surface area contributed by atoms with Gasteiger partial charge in [0.2, 0.25) is 21.8 Å². The molecule has 0 spiro atoms. The highest BCUT2D eigenvalue weighted by molar-refractivity contribution is 7.89. The largest absolute Gasteiger partial charge is 0.493 e. The highest BCUT2D eigenvalue weighted by Crippen LogP contribution is 2.27. The molecule has 0 saturated heterocycles. The second-order valence-corrected chi connectivity index (χ2v) is 9.88. The van der Waals surface area contributed by atoms with E-state index in [-0.39, 0.29) is 29.0 Å². The second kappa shape index (κ2) is 12.4. The molecule has 3 N–H and O–H groups in total. The maximum absolute atomic E-state index is 12.8. The molecule has 2 amide bonds. The number of nitrogens with one attached hydrogen (secondary N) is 3. The Kier molecular flexibility index (Phi) is 9.88. The van der Waals surface area contributed by atoms with Gasteiger partial charge in [0.05, 0.1) is 19.1 Å². The van der Waals surface area contributed by atoms with Gasteiger partial charge in [-0.3, -0.25) is 9.59 Å². The molecule has 186 valence electrons. The standard InChI is InChI=1S/C24H33N3O6S/c1-16(2)21(27-34(30,31)20-9-7-19(8-10-20)26-17(3)28)15-24(29)25-13-12-18-6-11-22(32-4)23(14-18)33-5/h6-11,14,16,21,27H,12-13,15H2,1-5H3,(H,25,29)(H,26,28)/t21-/m1/s1. The van der Waals surface area contributed by atoms with Crippen LogP contribution in [0.5, 0.6) is 11.5 Å². The van der Waals surface area contributed by atoms with Gasteiger partial charge >= 0.3 is 0 Å². The Morgan fingerprint density at radius 1 is 0.971 bits per heavy atom. The molecule has 0 unspecified atom stereocenters. The van der Waals surface area contributed by atoms with Crippen LogP contribution in [-0.2, 0) is 26.0 Å². The highest BCUT2D eigenvalue weighted by Gasteiger charge is 2.24. The quantitative estimate of drug-likeness (QED) is 0.420. The average molecular weight is 492 g/mol. The summed E-state index contributed by atoms with van der Waals surface area (Å²) in [6.07, 6.45) is 0.595. The maximum Gasteiger partial charge on any atom is 0.240 e. The Labute approximate surface area is 201 Å². The van der Waals surface area contributed by atoms with E-state index in [4.69, 9.17) is 9.47 Å². The van der Waals surface area contributed by atoms with Gasteiger partial charge in [0.15, 0.2) is 11.5 Å². The van der Waals surface area contributed by atoms with Crippen molar-refractivity contribution < 1.29 is 27.5 Å². The van der Waals surface area contributed by atoms with Crippen molar-refractivity contribution in [2.45, 2.75) is 44.6 Å². The summed E-state index contributed by atoms with van der Waals surface area (Å²) < 4.78 is 38.8. The first-order valence-corrected chi connectivity index (χ1v) is 12.4. The van der Waals surface area contributed by atoms with Gasteiger partial charge < -0.3 is 20.1 Å². The molecule has 0 aromatic heterocycles. The number of carbonyl (C=O) groups excluding carboxylic acids is 2. The van der Waals surface area contributed by atoms with Gasteiger partial charge in [-0.1, -0.05) is 19.9 Å². The summed E-state index contributed by atoms with van der Waals surface area (Å²) in [6.45, 7) is 5.47. The zero-order chi connectivity index (χ0) is 25.3. The smallest absolute Gasteiger partial charge is 0.240 e. The zero-order valence-corrected chi connectivity index (χ0v) is 21.0. The third kappa shape index (κ3) is 8.03. The first kappa shape index (κ1) is 27.1. The van der Waals surface area contributed by atoms with Crippen LogP contribution < -0.4 is 24.8 Å². The summed E-state index contributed by atoms with van der Waals surface area (Å²) in [5.41, 5.74) is 1.47. The number of anilines is 1. The first-order valence-electron chi connectivity index (χ1n) is 10.9. The van der Waals surface area contributed by atoms with Crippen molar-refractivity contribution in [3.8, 4) is 11.5 Å². The van der Waals surface area contributed by atoms with Crippen LogP contribution in [0.2, 0.25) is 0 Å². The van der Waals surface area contributed by atoms with Crippen LogP contribution in [-0.4, -0.2) is 47.0 Å². The van der Waals surface area contributed by atoms with E-state index >= 15 is 0 Å². The van der Waals surface area contributed by atoms with Crippen LogP contribution in [0.25, 0.3) is 0 Å². The lowest BCUT2D eigenvalue weighted by atomic mass is 10.0. The molecule has 0 radical (unpaired) electrons. The molecule has 0 aliphatic heterocycles. The van der Waals surface area contributed by atoms with Crippen LogP contribution in [0.1, 0.15) is 32.8 Å². The van der Waals surface area contributed by atoms with E-state index in [0.717, 1.165) is 5.56 Å². The van der Waals surface area contributed by atoms with E-state index in [1.165, 1.54) is 31.2 Å². The summed E-state index contributed by atoms with van der Waals surface area (Å²) in [6, 6.07) is 10.8. The van der Waals surface area contributed by atoms with E-state index in [1.807, 2.05) is 32.0 Å². The molecule has 10 heteroatoms. The molecule has 2 rings (SSSR count). The van der Waals surface area contributed by atoms with Gasteiger partial charge in [0.25, 0.3) is 0 Å². The molecule has 0 bridgehead atoms. The topological polar surface area (TPSA) is 123 Å². The van der Waals surface area contributed by atoms with Crippen molar-refractivity contribution >= 4 is 27.5 Å². The number of methoxy groups -OCH3 is 2. The van der Waals surface area contributed by atoms with Crippen molar-refractivity contribution in [2.24, 2.45) is 5.92 Å². The van der Waals surface area contributed by atoms with Gasteiger partial charge in [0.1, 0.15) is 0 Å². The van der Waals surface area contributed by atoms with E-state index in [0.29, 0.717) is 30.2 Å². The molecular formula is C24H33N3O6S. The SMILES string of the molecule is COc1ccc(CCNC(=O)C[C@@H](NS(=O)(=O)c2ccc(NC(C)=O)cc2)C(C)C)cc1OC. The average Bonchev–Trinajstić information content (AvgIpc) is 2.78. The third-order valence-corrected chi connectivity index (χ3v) is 6.69. The van der Waals surface area contributed by atoms with E-state index in [1.54, 1.807) is 14.2 Å². The number of hydrogen-bond acceptors (Lipinski definition) is 6. The molecule has 0 heterocycles. The summed E-state index contributed by atoms with van der Waals surface area (Å²) in [7, 11) is -0.711. The minimum atomic E-state index is -3.84. The molecular weight excluding hydrogens is 458 g/mol. The third-order valence-electron chi connectivity index (χ3n) is 5.19. The molecule has 2 aromatic carbocycles. The predicted octanol–water partition coefficient (Wildman–Crippen LogP) is 2.71. The molecule has 1 atom stereocenters. The van der Waals surface area contributed by atoms with Gasteiger partial charge in [-0.2, -0.15) is 0 Å². The van der Waals surface area contributed by atoms with Crippen molar-refractivity contribution in [3.05, 3.63) is 48.0 Å². The number of sulfonamides is 1. The highest BCUT2D eigenvalue weighted by atomic mass is 32.2. The molecule has 0 saturated carbocycles. The number of benzene rings is 2. The molecule has 9 nitrogen and oxygen atoms in total. The second-order valence-electron chi connectivity index (χ2n) is 8.17. The zero-order valence-electron chi connectivity index (χ0n) is 20.2. The Morgan fingerprint density at radius 2 is 1.62 bits per heavy atom. The van der Waals surface area contributed by atoms with Crippen LogP contribution in [0.3, 0.4) is 0 Å². The lowest BCUT2D eigenvalue weighted by molar-refractivity contribution is -0.121. The van der Waals surface area contributed by atoms with Crippen LogP contribution in [0.4, 0.5) is 5.69 Å². The van der Waals surface area contributed by atoms with E-state index in [9.17, 15) is 18.0 Å². The van der Waals surface area contributed by atoms with Crippen molar-refractivity contribution in [3.63, 3.8) is 0 Å². The predicted molar refractivity (Wildman–Crippen MR) is 131 cm³/mol. The Balaban J connectivity index is 1.95. The van der Waals surface area contributed by atoms with E-state index < -0.39 is 16.1 Å². The maximum atomic E-state index is 12.8. The minimum Gasteiger partial charge on any atom is -0.493 e.